The minimum Gasteiger partial charge on any atom is -0.481 e. The van der Waals surface area contributed by atoms with Crippen LogP contribution in [0.3, 0.4) is 0 Å². The summed E-state index contributed by atoms with van der Waals surface area (Å²) in [4.78, 5) is 22.2. The molecule has 0 saturated heterocycles. The average Bonchev–Trinajstić information content (AvgIpc) is 2.36. The second-order valence-corrected chi connectivity index (χ2v) is 4.48. The molecule has 1 atom stereocenters. The van der Waals surface area contributed by atoms with E-state index in [0.29, 0.717) is 0 Å². The zero-order chi connectivity index (χ0) is 14.3. The highest BCUT2D eigenvalue weighted by molar-refractivity contribution is 5.72. The fourth-order valence-electron chi connectivity index (χ4n) is 1.48. The molecule has 0 saturated carbocycles. The van der Waals surface area contributed by atoms with Gasteiger partial charge >= 0.3 is 12.1 Å². The van der Waals surface area contributed by atoms with Crippen LogP contribution in [0.25, 0.3) is 0 Å². The first-order valence-electron chi connectivity index (χ1n) is 5.77. The van der Waals surface area contributed by atoms with E-state index in [1.807, 2.05) is 18.2 Å². The van der Waals surface area contributed by atoms with Crippen LogP contribution < -0.4 is 5.32 Å². The van der Waals surface area contributed by atoms with Crippen molar-refractivity contribution in [3.8, 4) is 0 Å². The Hall–Kier alpha value is -2.08. The summed E-state index contributed by atoms with van der Waals surface area (Å²) in [5.41, 5.74) is -0.416. The predicted molar refractivity (Wildman–Crippen MR) is 67.5 cm³/mol. The fraction of sp³-hybridized carbons (Fsp3) is 0.385. The monoisotopic (exact) mass is 267 g/mol. The molecule has 0 aromatic heterocycles. The van der Waals surface area contributed by atoms with E-state index in [0.717, 1.165) is 5.56 Å². The Bertz CT molecular complexity index is 434. The maximum absolute atomic E-state index is 11.5. The minimum absolute atomic E-state index is 0.0846. The summed E-state index contributed by atoms with van der Waals surface area (Å²) < 4.78 is 4.95. The number of aliphatic carboxylic acids is 1. The molecule has 0 bridgehead atoms. The number of benzene rings is 1. The number of carboxylic acid groups (broad SMARTS) is 1. The highest BCUT2D eigenvalue weighted by Gasteiger charge is 2.29. The minimum atomic E-state index is -1.24. The van der Waals surface area contributed by atoms with Crippen LogP contribution >= 0.6 is 0 Å². The maximum Gasteiger partial charge on any atom is 0.407 e. The topological polar surface area (TPSA) is 95.9 Å². The van der Waals surface area contributed by atoms with Crippen LogP contribution in [0.1, 0.15) is 18.9 Å². The number of rotatable bonds is 6. The van der Waals surface area contributed by atoms with Gasteiger partial charge < -0.3 is 20.3 Å². The van der Waals surface area contributed by atoms with E-state index in [9.17, 15) is 9.59 Å². The lowest BCUT2D eigenvalue weighted by Gasteiger charge is -2.26. The largest absolute Gasteiger partial charge is 0.481 e. The maximum atomic E-state index is 11.5. The third-order valence-corrected chi connectivity index (χ3v) is 2.51. The summed E-state index contributed by atoms with van der Waals surface area (Å²) in [5, 5.41) is 20.2. The van der Waals surface area contributed by atoms with Crippen molar-refractivity contribution in [2.45, 2.75) is 25.5 Å². The number of carboxylic acids is 1. The van der Waals surface area contributed by atoms with Crippen molar-refractivity contribution >= 4 is 12.1 Å². The molecule has 6 nitrogen and oxygen atoms in total. The number of hydrogen-bond donors (Lipinski definition) is 3. The van der Waals surface area contributed by atoms with Crippen molar-refractivity contribution in [1.29, 1.82) is 0 Å². The summed E-state index contributed by atoms with van der Waals surface area (Å²) in [5.74, 6) is -1.11. The summed E-state index contributed by atoms with van der Waals surface area (Å²) in [7, 11) is 0. The van der Waals surface area contributed by atoms with Gasteiger partial charge in [0.15, 0.2) is 0 Å². The van der Waals surface area contributed by atoms with Gasteiger partial charge in [0.05, 0.1) is 18.6 Å². The summed E-state index contributed by atoms with van der Waals surface area (Å²) in [6.45, 7) is 1.03. The standard InChI is InChI=1S/C13H17NO5/c1-13(9-15,7-11(16)17)14-12(18)19-8-10-5-3-2-4-6-10/h2-6,15H,7-9H2,1H3,(H,14,18)(H,16,17)/t13-/m1/s1. The number of aliphatic hydroxyl groups is 1. The van der Waals surface area contributed by atoms with Crippen molar-refractivity contribution in [1.82, 2.24) is 5.32 Å². The van der Waals surface area contributed by atoms with Crippen molar-refractivity contribution < 1.29 is 24.5 Å². The van der Waals surface area contributed by atoms with Gasteiger partial charge in [0, 0.05) is 0 Å². The molecule has 0 aliphatic carbocycles. The van der Waals surface area contributed by atoms with Gasteiger partial charge in [-0.2, -0.15) is 0 Å². The normalized spacial score (nSPS) is 13.4. The molecule has 1 amide bonds. The average molecular weight is 267 g/mol. The van der Waals surface area contributed by atoms with Gasteiger partial charge in [0.25, 0.3) is 0 Å². The molecule has 0 unspecified atom stereocenters. The highest BCUT2D eigenvalue weighted by atomic mass is 16.5. The van der Waals surface area contributed by atoms with E-state index in [-0.39, 0.29) is 13.0 Å². The number of nitrogens with one attached hydrogen (secondary N) is 1. The lowest BCUT2D eigenvalue weighted by atomic mass is 10.00. The molecule has 1 aromatic carbocycles. The summed E-state index contributed by atoms with van der Waals surface area (Å²) in [6.07, 6.45) is -1.15. The van der Waals surface area contributed by atoms with Crippen molar-refractivity contribution in [2.75, 3.05) is 6.61 Å². The fourth-order valence-corrected chi connectivity index (χ4v) is 1.48. The number of carbonyl (C=O) groups is 2. The Morgan fingerprint density at radius 2 is 1.95 bits per heavy atom. The van der Waals surface area contributed by atoms with Gasteiger partial charge in [-0.15, -0.1) is 0 Å². The van der Waals surface area contributed by atoms with Crippen molar-refractivity contribution in [2.24, 2.45) is 0 Å². The number of aliphatic hydroxyl groups excluding tert-OH is 1. The number of alkyl carbamates (subject to hydrolysis) is 1. The van der Waals surface area contributed by atoms with Crippen LogP contribution in [0.15, 0.2) is 30.3 Å². The van der Waals surface area contributed by atoms with E-state index in [4.69, 9.17) is 14.9 Å². The quantitative estimate of drug-likeness (QED) is 0.718. The third kappa shape index (κ3) is 5.39. The van der Waals surface area contributed by atoms with Gasteiger partial charge in [-0.1, -0.05) is 30.3 Å². The van der Waals surface area contributed by atoms with Gasteiger partial charge in [-0.05, 0) is 12.5 Å². The molecule has 19 heavy (non-hydrogen) atoms. The smallest absolute Gasteiger partial charge is 0.407 e. The molecule has 104 valence electrons. The Morgan fingerprint density at radius 3 is 2.47 bits per heavy atom. The molecule has 3 N–H and O–H groups in total. The second-order valence-electron chi connectivity index (χ2n) is 4.48. The molecule has 0 spiro atoms. The van der Waals surface area contributed by atoms with E-state index in [1.165, 1.54) is 6.92 Å². The van der Waals surface area contributed by atoms with Crippen LogP contribution in [0.4, 0.5) is 4.79 Å². The number of amides is 1. The molecular weight excluding hydrogens is 250 g/mol. The molecule has 0 aliphatic heterocycles. The Balaban J connectivity index is 2.47. The second kappa shape index (κ2) is 6.75. The van der Waals surface area contributed by atoms with E-state index in [1.54, 1.807) is 12.1 Å². The molecular formula is C13H17NO5. The lowest BCUT2D eigenvalue weighted by molar-refractivity contribution is -0.138. The lowest BCUT2D eigenvalue weighted by Crippen LogP contribution is -2.50. The van der Waals surface area contributed by atoms with Gasteiger partial charge in [0.2, 0.25) is 0 Å². The summed E-state index contributed by atoms with van der Waals surface area (Å²) >= 11 is 0. The van der Waals surface area contributed by atoms with E-state index >= 15 is 0 Å². The predicted octanol–water partition coefficient (Wildman–Crippen LogP) is 1.14. The van der Waals surface area contributed by atoms with Crippen molar-refractivity contribution in [3.05, 3.63) is 35.9 Å². The van der Waals surface area contributed by atoms with Gasteiger partial charge in [-0.3, -0.25) is 4.79 Å². The Labute approximate surface area is 111 Å². The van der Waals surface area contributed by atoms with Gasteiger partial charge in [0.1, 0.15) is 6.61 Å². The molecule has 1 rings (SSSR count). The first-order valence-corrected chi connectivity index (χ1v) is 5.77. The third-order valence-electron chi connectivity index (χ3n) is 2.51. The van der Waals surface area contributed by atoms with Crippen LogP contribution in [0.5, 0.6) is 0 Å². The molecule has 0 heterocycles. The van der Waals surface area contributed by atoms with Crippen LogP contribution in [-0.4, -0.2) is 34.4 Å². The molecule has 1 aromatic rings. The molecule has 0 fully saturated rings. The number of ether oxygens (including phenoxy) is 1. The van der Waals surface area contributed by atoms with Crippen molar-refractivity contribution in [3.63, 3.8) is 0 Å². The van der Waals surface area contributed by atoms with Crippen LogP contribution in [0.2, 0.25) is 0 Å². The molecule has 0 radical (unpaired) electrons. The first-order chi connectivity index (χ1) is 8.95. The number of hydrogen-bond acceptors (Lipinski definition) is 4. The van der Waals surface area contributed by atoms with Crippen LogP contribution in [0, 0.1) is 0 Å². The first kappa shape index (κ1) is 15.0. The summed E-state index contributed by atoms with van der Waals surface area (Å²) in [6, 6.07) is 9.09. The molecule has 6 heteroatoms. The van der Waals surface area contributed by atoms with Crippen LogP contribution in [-0.2, 0) is 16.1 Å². The highest BCUT2D eigenvalue weighted by Crippen LogP contribution is 2.09. The SMILES string of the molecule is C[C@](CO)(CC(=O)O)NC(=O)OCc1ccccc1. The zero-order valence-electron chi connectivity index (χ0n) is 10.6. The van der Waals surface area contributed by atoms with E-state index < -0.39 is 24.2 Å². The number of carbonyl (C=O) groups excluding carboxylic acids is 1. The van der Waals surface area contributed by atoms with Gasteiger partial charge in [-0.25, -0.2) is 4.79 Å². The zero-order valence-corrected chi connectivity index (χ0v) is 10.6. The Kier molecular flexibility index (Phi) is 5.32. The van der Waals surface area contributed by atoms with E-state index in [2.05, 4.69) is 5.32 Å². The Morgan fingerprint density at radius 1 is 1.32 bits per heavy atom. The molecule has 0 aliphatic rings.